The van der Waals surface area contributed by atoms with Gasteiger partial charge in [0.25, 0.3) is 0 Å². The van der Waals surface area contributed by atoms with E-state index >= 15 is 0 Å². The van der Waals surface area contributed by atoms with Gasteiger partial charge in [-0.3, -0.25) is 4.79 Å². The van der Waals surface area contributed by atoms with E-state index in [1.807, 2.05) is 11.8 Å². The summed E-state index contributed by atoms with van der Waals surface area (Å²) in [5, 5.41) is 0. The lowest BCUT2D eigenvalue weighted by Crippen LogP contribution is -2.46. The van der Waals surface area contributed by atoms with E-state index < -0.39 is 0 Å². The molecule has 1 aliphatic rings. The number of carbonyl (C=O) groups excluding carboxylic acids is 1. The number of nitrogens with two attached hydrogens (primary N) is 1. The van der Waals surface area contributed by atoms with Crippen molar-refractivity contribution in [1.29, 1.82) is 0 Å². The summed E-state index contributed by atoms with van der Waals surface area (Å²) in [5.74, 6) is 0.692. The number of hydrogen-bond acceptors (Lipinski definition) is 3. The molecule has 0 aromatic carbocycles. The lowest BCUT2D eigenvalue weighted by Gasteiger charge is -2.34. The van der Waals surface area contributed by atoms with Gasteiger partial charge in [-0.15, -0.1) is 0 Å². The van der Waals surface area contributed by atoms with Gasteiger partial charge >= 0.3 is 0 Å². The summed E-state index contributed by atoms with van der Waals surface area (Å²) in [7, 11) is 2.15. The van der Waals surface area contributed by atoms with E-state index in [2.05, 4.69) is 11.9 Å². The SMILES string of the molecule is CCN(CC1CCCN(C)C1)C(=O)C(C)N. The number of nitrogens with zero attached hydrogens (tertiary/aromatic N) is 2. The molecule has 1 saturated heterocycles. The maximum Gasteiger partial charge on any atom is 0.239 e. The van der Waals surface area contributed by atoms with E-state index in [1.54, 1.807) is 6.92 Å². The lowest BCUT2D eigenvalue weighted by molar-refractivity contribution is -0.132. The molecule has 2 unspecified atom stereocenters. The first-order valence-corrected chi connectivity index (χ1v) is 6.27. The van der Waals surface area contributed by atoms with Crippen molar-refractivity contribution in [3.8, 4) is 0 Å². The summed E-state index contributed by atoms with van der Waals surface area (Å²) in [6.07, 6.45) is 2.47. The number of likely N-dealkylation sites (N-methyl/N-ethyl adjacent to an activating group) is 1. The monoisotopic (exact) mass is 227 g/mol. The smallest absolute Gasteiger partial charge is 0.239 e. The molecule has 1 fully saturated rings. The molecule has 2 N–H and O–H groups in total. The molecule has 0 aliphatic carbocycles. The fourth-order valence-electron chi connectivity index (χ4n) is 2.40. The van der Waals surface area contributed by atoms with Gasteiger partial charge in [0.1, 0.15) is 0 Å². The Morgan fingerprint density at radius 3 is 2.81 bits per heavy atom. The fraction of sp³-hybridized carbons (Fsp3) is 0.917. The van der Waals surface area contributed by atoms with Crippen molar-refractivity contribution < 1.29 is 4.79 Å². The topological polar surface area (TPSA) is 49.6 Å². The van der Waals surface area contributed by atoms with E-state index in [-0.39, 0.29) is 11.9 Å². The first-order chi connectivity index (χ1) is 7.54. The van der Waals surface area contributed by atoms with Crippen LogP contribution in [0.1, 0.15) is 26.7 Å². The molecule has 0 spiro atoms. The zero-order valence-electron chi connectivity index (χ0n) is 10.8. The van der Waals surface area contributed by atoms with Gasteiger partial charge < -0.3 is 15.5 Å². The summed E-state index contributed by atoms with van der Waals surface area (Å²) in [4.78, 5) is 16.1. The third-order valence-electron chi connectivity index (χ3n) is 3.28. The molecule has 1 rings (SSSR count). The minimum absolute atomic E-state index is 0.0794. The number of likely N-dealkylation sites (tertiary alicyclic amines) is 1. The van der Waals surface area contributed by atoms with Crippen molar-refractivity contribution in [3.63, 3.8) is 0 Å². The van der Waals surface area contributed by atoms with E-state index in [0.717, 1.165) is 19.6 Å². The van der Waals surface area contributed by atoms with Crippen LogP contribution in [-0.2, 0) is 4.79 Å². The van der Waals surface area contributed by atoms with Crippen LogP contribution in [0.25, 0.3) is 0 Å². The molecule has 2 atom stereocenters. The van der Waals surface area contributed by atoms with E-state index in [0.29, 0.717) is 5.92 Å². The standard InChI is InChI=1S/C12H25N3O/c1-4-15(12(16)10(2)13)9-11-6-5-7-14(3)8-11/h10-11H,4-9,13H2,1-3H3. The van der Waals surface area contributed by atoms with Gasteiger partial charge in [-0.1, -0.05) is 0 Å². The van der Waals surface area contributed by atoms with Gasteiger partial charge in [0.05, 0.1) is 6.04 Å². The Kier molecular flexibility index (Phi) is 5.22. The number of carbonyl (C=O) groups is 1. The third-order valence-corrected chi connectivity index (χ3v) is 3.28. The number of piperidine rings is 1. The number of amides is 1. The molecule has 4 nitrogen and oxygen atoms in total. The van der Waals surface area contributed by atoms with E-state index in [1.165, 1.54) is 19.4 Å². The Balaban J connectivity index is 2.46. The second-order valence-electron chi connectivity index (χ2n) is 4.94. The van der Waals surface area contributed by atoms with E-state index in [4.69, 9.17) is 5.73 Å². The summed E-state index contributed by atoms with van der Waals surface area (Å²) in [6, 6.07) is -0.374. The van der Waals surface area contributed by atoms with Crippen LogP contribution in [0.15, 0.2) is 0 Å². The summed E-state index contributed by atoms with van der Waals surface area (Å²) < 4.78 is 0. The van der Waals surface area contributed by atoms with Crippen molar-refractivity contribution in [1.82, 2.24) is 9.80 Å². The Bertz CT molecular complexity index is 230. The van der Waals surface area contributed by atoms with Crippen molar-refractivity contribution >= 4 is 5.91 Å². The second-order valence-corrected chi connectivity index (χ2v) is 4.94. The van der Waals surface area contributed by atoms with Gasteiger partial charge in [0.15, 0.2) is 0 Å². The Morgan fingerprint density at radius 2 is 2.31 bits per heavy atom. The Morgan fingerprint density at radius 1 is 1.62 bits per heavy atom. The predicted octanol–water partition coefficient (Wildman–Crippen LogP) is 0.524. The fourth-order valence-corrected chi connectivity index (χ4v) is 2.40. The minimum atomic E-state index is -0.374. The lowest BCUT2D eigenvalue weighted by atomic mass is 9.97. The molecule has 1 aliphatic heterocycles. The molecule has 4 heteroatoms. The van der Waals surface area contributed by atoms with Gasteiger partial charge in [-0.2, -0.15) is 0 Å². The molecule has 1 heterocycles. The molecule has 0 aromatic rings. The van der Waals surface area contributed by atoms with Crippen LogP contribution in [-0.4, -0.2) is 55.0 Å². The highest BCUT2D eigenvalue weighted by Gasteiger charge is 2.23. The molecule has 1 amide bonds. The van der Waals surface area contributed by atoms with Crippen LogP contribution < -0.4 is 5.73 Å². The molecule has 0 radical (unpaired) electrons. The van der Waals surface area contributed by atoms with Crippen molar-refractivity contribution in [2.45, 2.75) is 32.7 Å². The zero-order chi connectivity index (χ0) is 12.1. The van der Waals surface area contributed by atoms with E-state index in [9.17, 15) is 4.79 Å². The normalized spacial score (nSPS) is 24.1. The molecule has 0 saturated carbocycles. The van der Waals surface area contributed by atoms with Gasteiger partial charge in [-0.05, 0) is 46.2 Å². The maximum atomic E-state index is 11.8. The molecule has 16 heavy (non-hydrogen) atoms. The van der Waals surface area contributed by atoms with Crippen LogP contribution in [0.4, 0.5) is 0 Å². The van der Waals surface area contributed by atoms with Gasteiger partial charge in [0, 0.05) is 19.6 Å². The van der Waals surface area contributed by atoms with Gasteiger partial charge in [-0.25, -0.2) is 0 Å². The van der Waals surface area contributed by atoms with Crippen LogP contribution in [0.5, 0.6) is 0 Å². The Labute approximate surface area is 98.8 Å². The Hall–Kier alpha value is -0.610. The first-order valence-electron chi connectivity index (χ1n) is 6.27. The third kappa shape index (κ3) is 3.76. The highest BCUT2D eigenvalue weighted by molar-refractivity contribution is 5.81. The predicted molar refractivity (Wildman–Crippen MR) is 66.1 cm³/mol. The van der Waals surface area contributed by atoms with Crippen LogP contribution in [0.3, 0.4) is 0 Å². The summed E-state index contributed by atoms with van der Waals surface area (Å²) >= 11 is 0. The van der Waals surface area contributed by atoms with Crippen LogP contribution >= 0.6 is 0 Å². The molecular formula is C12H25N3O. The van der Waals surface area contributed by atoms with Crippen molar-refractivity contribution in [2.75, 3.05) is 33.2 Å². The number of hydrogen-bond donors (Lipinski definition) is 1. The van der Waals surface area contributed by atoms with Crippen molar-refractivity contribution in [2.24, 2.45) is 11.7 Å². The quantitative estimate of drug-likeness (QED) is 0.762. The average molecular weight is 227 g/mol. The highest BCUT2D eigenvalue weighted by atomic mass is 16.2. The minimum Gasteiger partial charge on any atom is -0.341 e. The summed E-state index contributed by atoms with van der Waals surface area (Å²) in [6.45, 7) is 7.69. The first kappa shape index (κ1) is 13.5. The second kappa shape index (κ2) is 6.21. The maximum absolute atomic E-state index is 11.8. The molecule has 94 valence electrons. The largest absolute Gasteiger partial charge is 0.341 e. The molecule has 0 aromatic heterocycles. The zero-order valence-corrected chi connectivity index (χ0v) is 10.8. The average Bonchev–Trinajstić information content (AvgIpc) is 2.25. The van der Waals surface area contributed by atoms with Crippen LogP contribution in [0.2, 0.25) is 0 Å². The molecular weight excluding hydrogens is 202 g/mol. The van der Waals surface area contributed by atoms with Crippen LogP contribution in [0, 0.1) is 5.92 Å². The number of rotatable bonds is 4. The highest BCUT2D eigenvalue weighted by Crippen LogP contribution is 2.16. The van der Waals surface area contributed by atoms with Gasteiger partial charge in [0.2, 0.25) is 5.91 Å². The summed E-state index contributed by atoms with van der Waals surface area (Å²) in [5.41, 5.74) is 5.64. The molecule has 0 bridgehead atoms. The van der Waals surface area contributed by atoms with Crippen molar-refractivity contribution in [3.05, 3.63) is 0 Å².